The van der Waals surface area contributed by atoms with Crippen molar-refractivity contribution in [3.8, 4) is 0 Å². The lowest BCUT2D eigenvalue weighted by Gasteiger charge is -2.08. The van der Waals surface area contributed by atoms with Gasteiger partial charge in [-0.15, -0.1) is 0 Å². The second kappa shape index (κ2) is 5.46. The maximum atomic E-state index is 11.0. The van der Waals surface area contributed by atoms with Crippen LogP contribution < -0.4 is 11.1 Å². The van der Waals surface area contributed by atoms with Gasteiger partial charge in [-0.25, -0.2) is 9.78 Å². The van der Waals surface area contributed by atoms with Gasteiger partial charge in [0, 0.05) is 18.1 Å². The number of aromatic nitrogens is 1. The Balaban J connectivity index is 2.39. The number of anilines is 1. The van der Waals surface area contributed by atoms with E-state index in [4.69, 9.17) is 10.8 Å². The molecule has 0 aliphatic rings. The molecule has 0 spiro atoms. The minimum absolute atomic E-state index is 0.261. The second-order valence-electron chi connectivity index (χ2n) is 3.97. The fraction of sp³-hybridized carbons (Fsp3) is 0.231. The number of carbonyl (C=O) groups is 1. The summed E-state index contributed by atoms with van der Waals surface area (Å²) in [6.45, 7) is 1.33. The fourth-order valence-electron chi connectivity index (χ4n) is 1.75. The summed E-state index contributed by atoms with van der Waals surface area (Å²) >= 11 is 0. The molecule has 0 bridgehead atoms. The Hall–Kier alpha value is -2.14. The van der Waals surface area contributed by atoms with Crippen molar-refractivity contribution in [1.29, 1.82) is 0 Å². The van der Waals surface area contributed by atoms with Gasteiger partial charge >= 0.3 is 5.97 Å². The summed E-state index contributed by atoms with van der Waals surface area (Å²) in [4.78, 5) is 15.2. The van der Waals surface area contributed by atoms with Crippen LogP contribution in [-0.4, -0.2) is 29.1 Å². The first-order valence-electron chi connectivity index (χ1n) is 5.78. The summed E-state index contributed by atoms with van der Waals surface area (Å²) in [7, 11) is 0. The topological polar surface area (TPSA) is 88.2 Å². The minimum atomic E-state index is -0.936. The number of rotatable bonds is 5. The Kier molecular flexibility index (Phi) is 3.74. The summed E-state index contributed by atoms with van der Waals surface area (Å²) in [5.41, 5.74) is 5.69. The molecule has 2 aromatic rings. The molecular weight excluding hydrogens is 230 g/mol. The molecule has 1 aromatic heterocycles. The average Bonchev–Trinajstić information content (AvgIpc) is 2.38. The molecule has 0 saturated carbocycles. The highest BCUT2D eigenvalue weighted by Crippen LogP contribution is 2.22. The number of aromatic carboxylic acids is 1. The van der Waals surface area contributed by atoms with E-state index in [0.29, 0.717) is 12.4 Å². The summed E-state index contributed by atoms with van der Waals surface area (Å²) in [6, 6.07) is 6.87. The van der Waals surface area contributed by atoms with Gasteiger partial charge in [0.05, 0.1) is 5.56 Å². The Morgan fingerprint density at radius 1 is 1.39 bits per heavy atom. The Labute approximate surface area is 105 Å². The highest BCUT2D eigenvalue weighted by Gasteiger charge is 2.07. The van der Waals surface area contributed by atoms with Crippen molar-refractivity contribution in [1.82, 2.24) is 4.98 Å². The Bertz CT molecular complexity index is 569. The van der Waals surface area contributed by atoms with Crippen molar-refractivity contribution < 1.29 is 9.90 Å². The van der Waals surface area contributed by atoms with Gasteiger partial charge < -0.3 is 16.2 Å². The summed E-state index contributed by atoms with van der Waals surface area (Å²) in [5, 5.41) is 13.9. The molecule has 2 rings (SSSR count). The van der Waals surface area contributed by atoms with Gasteiger partial charge in [-0.3, -0.25) is 0 Å². The monoisotopic (exact) mass is 245 g/mol. The van der Waals surface area contributed by atoms with E-state index in [1.54, 1.807) is 24.4 Å². The first kappa shape index (κ1) is 12.3. The number of carboxylic acids is 1. The average molecular weight is 245 g/mol. The van der Waals surface area contributed by atoms with E-state index < -0.39 is 5.97 Å². The number of nitrogens with one attached hydrogen (secondary N) is 1. The molecule has 4 N–H and O–H groups in total. The lowest BCUT2D eigenvalue weighted by molar-refractivity contribution is 0.0697. The van der Waals surface area contributed by atoms with Crippen molar-refractivity contribution in [3.63, 3.8) is 0 Å². The van der Waals surface area contributed by atoms with Crippen molar-refractivity contribution >= 4 is 22.6 Å². The molecule has 94 valence electrons. The van der Waals surface area contributed by atoms with E-state index >= 15 is 0 Å². The number of nitrogens with two attached hydrogens (primary N) is 1. The van der Waals surface area contributed by atoms with Crippen LogP contribution in [0.25, 0.3) is 10.8 Å². The van der Waals surface area contributed by atoms with Crippen LogP contribution in [0.3, 0.4) is 0 Å². The Morgan fingerprint density at radius 2 is 2.22 bits per heavy atom. The molecule has 0 atom stereocenters. The molecule has 0 unspecified atom stereocenters. The van der Waals surface area contributed by atoms with Crippen LogP contribution in [0.1, 0.15) is 16.8 Å². The predicted octanol–water partition coefficient (Wildman–Crippen LogP) is 1.69. The number of carboxylic acid groups (broad SMARTS) is 1. The maximum Gasteiger partial charge on any atom is 0.335 e. The number of benzene rings is 1. The highest BCUT2D eigenvalue weighted by atomic mass is 16.4. The second-order valence-corrected chi connectivity index (χ2v) is 3.97. The highest BCUT2D eigenvalue weighted by molar-refractivity contribution is 5.98. The van der Waals surface area contributed by atoms with Crippen LogP contribution in [0.4, 0.5) is 5.82 Å². The lowest BCUT2D eigenvalue weighted by atomic mass is 10.1. The number of nitrogens with zero attached hydrogens (tertiary/aromatic N) is 1. The first-order chi connectivity index (χ1) is 8.72. The molecule has 18 heavy (non-hydrogen) atoms. The fourth-order valence-corrected chi connectivity index (χ4v) is 1.75. The number of pyridine rings is 1. The summed E-state index contributed by atoms with van der Waals surface area (Å²) < 4.78 is 0. The molecule has 0 amide bonds. The molecule has 1 aromatic carbocycles. The molecule has 5 heteroatoms. The van der Waals surface area contributed by atoms with Gasteiger partial charge in [0.15, 0.2) is 0 Å². The van der Waals surface area contributed by atoms with Crippen LogP contribution in [0.15, 0.2) is 30.5 Å². The van der Waals surface area contributed by atoms with E-state index in [1.807, 2.05) is 6.07 Å². The van der Waals surface area contributed by atoms with Crippen LogP contribution >= 0.6 is 0 Å². The molecule has 0 aliphatic carbocycles. The van der Waals surface area contributed by atoms with Gasteiger partial charge in [-0.05, 0) is 36.6 Å². The Morgan fingerprint density at radius 3 is 2.94 bits per heavy atom. The van der Waals surface area contributed by atoms with Crippen LogP contribution in [0, 0.1) is 0 Å². The molecule has 5 nitrogen and oxygen atoms in total. The van der Waals surface area contributed by atoms with E-state index in [9.17, 15) is 4.79 Å². The van der Waals surface area contributed by atoms with E-state index in [-0.39, 0.29) is 5.56 Å². The number of hydrogen-bond acceptors (Lipinski definition) is 4. The van der Waals surface area contributed by atoms with Crippen LogP contribution in [0.2, 0.25) is 0 Å². The van der Waals surface area contributed by atoms with Gasteiger partial charge in [0.25, 0.3) is 0 Å². The third kappa shape index (κ3) is 2.57. The predicted molar refractivity (Wildman–Crippen MR) is 70.9 cm³/mol. The standard InChI is InChI=1S/C13H15N3O2/c14-5-1-6-15-12-11-8-10(13(17)18)3-2-9(11)4-7-16-12/h2-4,7-8H,1,5-6,14H2,(H,15,16)(H,17,18). The quantitative estimate of drug-likeness (QED) is 0.698. The minimum Gasteiger partial charge on any atom is -0.478 e. The van der Waals surface area contributed by atoms with Gasteiger partial charge in [0.2, 0.25) is 0 Å². The smallest absolute Gasteiger partial charge is 0.335 e. The molecular formula is C13H15N3O2. The first-order valence-corrected chi connectivity index (χ1v) is 5.78. The third-order valence-electron chi connectivity index (χ3n) is 2.69. The summed E-state index contributed by atoms with van der Waals surface area (Å²) in [5.74, 6) is -0.238. The molecule has 0 fully saturated rings. The van der Waals surface area contributed by atoms with E-state index in [2.05, 4.69) is 10.3 Å². The van der Waals surface area contributed by atoms with Crippen molar-refractivity contribution in [2.45, 2.75) is 6.42 Å². The van der Waals surface area contributed by atoms with E-state index in [1.165, 1.54) is 0 Å². The number of hydrogen-bond donors (Lipinski definition) is 3. The lowest BCUT2D eigenvalue weighted by Crippen LogP contribution is -2.09. The van der Waals surface area contributed by atoms with Crippen molar-refractivity contribution in [2.75, 3.05) is 18.4 Å². The molecule has 0 aliphatic heterocycles. The van der Waals surface area contributed by atoms with E-state index in [0.717, 1.165) is 23.7 Å². The zero-order valence-electron chi connectivity index (χ0n) is 9.89. The molecule has 0 saturated heterocycles. The van der Waals surface area contributed by atoms with Crippen LogP contribution in [-0.2, 0) is 0 Å². The SMILES string of the molecule is NCCCNc1nccc2ccc(C(=O)O)cc12. The molecule has 1 heterocycles. The zero-order chi connectivity index (χ0) is 13.0. The van der Waals surface area contributed by atoms with Crippen molar-refractivity contribution in [3.05, 3.63) is 36.0 Å². The van der Waals surface area contributed by atoms with Gasteiger partial charge in [0.1, 0.15) is 5.82 Å². The largest absolute Gasteiger partial charge is 0.478 e. The maximum absolute atomic E-state index is 11.0. The third-order valence-corrected chi connectivity index (χ3v) is 2.69. The normalized spacial score (nSPS) is 10.5. The van der Waals surface area contributed by atoms with Gasteiger partial charge in [-0.1, -0.05) is 6.07 Å². The van der Waals surface area contributed by atoms with Gasteiger partial charge in [-0.2, -0.15) is 0 Å². The summed E-state index contributed by atoms with van der Waals surface area (Å²) in [6.07, 6.45) is 2.55. The van der Waals surface area contributed by atoms with Crippen molar-refractivity contribution in [2.24, 2.45) is 5.73 Å². The number of fused-ring (bicyclic) bond motifs is 1. The molecule has 0 radical (unpaired) electrons. The van der Waals surface area contributed by atoms with Crippen LogP contribution in [0.5, 0.6) is 0 Å². The zero-order valence-corrected chi connectivity index (χ0v) is 9.89.